The van der Waals surface area contributed by atoms with Crippen molar-refractivity contribution in [2.75, 3.05) is 24.7 Å². The summed E-state index contributed by atoms with van der Waals surface area (Å²) in [4.78, 5) is 13.2. The number of anilines is 1. The van der Waals surface area contributed by atoms with Crippen molar-refractivity contribution in [3.63, 3.8) is 0 Å². The van der Waals surface area contributed by atoms with E-state index in [0.717, 1.165) is 18.8 Å². The van der Waals surface area contributed by atoms with Crippen molar-refractivity contribution >= 4 is 23.4 Å². The molecule has 0 aromatic heterocycles. The van der Waals surface area contributed by atoms with Gasteiger partial charge >= 0.3 is 0 Å². The highest BCUT2D eigenvalue weighted by Gasteiger charge is 2.29. The zero-order valence-corrected chi connectivity index (χ0v) is 11.0. The van der Waals surface area contributed by atoms with Gasteiger partial charge in [-0.1, -0.05) is 13.0 Å². The summed E-state index contributed by atoms with van der Waals surface area (Å²) in [5.74, 6) is 0.632. The molecule has 1 aliphatic rings. The Bertz CT molecular complexity index is 408. The van der Waals surface area contributed by atoms with E-state index >= 15 is 0 Å². The summed E-state index contributed by atoms with van der Waals surface area (Å²) in [5.41, 5.74) is 0.890. The van der Waals surface area contributed by atoms with Crippen LogP contribution in [0.25, 0.3) is 0 Å². The minimum Gasteiger partial charge on any atom is -0.326 e. The lowest BCUT2D eigenvalue weighted by atomic mass is 9.97. The van der Waals surface area contributed by atoms with E-state index < -0.39 is 0 Å². The van der Waals surface area contributed by atoms with E-state index in [-0.39, 0.29) is 11.8 Å². The highest BCUT2D eigenvalue weighted by atomic mass is 32.2. The summed E-state index contributed by atoms with van der Waals surface area (Å²) < 4.78 is 0. The molecular formula is C13H18N2OS. The second-order valence-corrected chi connectivity index (χ2v) is 5.34. The number of hydrogen-bond acceptors (Lipinski definition) is 3. The Morgan fingerprint density at radius 2 is 2.29 bits per heavy atom. The molecule has 17 heavy (non-hydrogen) atoms. The van der Waals surface area contributed by atoms with Gasteiger partial charge in [0.25, 0.3) is 0 Å². The molecule has 0 bridgehead atoms. The summed E-state index contributed by atoms with van der Waals surface area (Å²) in [6, 6.07) is 7.96. The number of nitrogens with one attached hydrogen (secondary N) is 2. The van der Waals surface area contributed by atoms with E-state index in [2.05, 4.69) is 17.6 Å². The average molecular weight is 250 g/mol. The van der Waals surface area contributed by atoms with Gasteiger partial charge in [-0.05, 0) is 36.9 Å². The van der Waals surface area contributed by atoms with Gasteiger partial charge in [0.15, 0.2) is 0 Å². The van der Waals surface area contributed by atoms with Crippen LogP contribution < -0.4 is 10.6 Å². The molecule has 1 fully saturated rings. The van der Waals surface area contributed by atoms with Crippen LogP contribution in [0.15, 0.2) is 29.2 Å². The number of rotatable bonds is 3. The first-order valence-electron chi connectivity index (χ1n) is 5.86. The summed E-state index contributed by atoms with van der Waals surface area (Å²) in [5, 5.41) is 6.24. The molecule has 1 saturated heterocycles. The third-order valence-corrected chi connectivity index (χ3v) is 3.92. The Morgan fingerprint density at radius 1 is 1.47 bits per heavy atom. The van der Waals surface area contributed by atoms with Gasteiger partial charge < -0.3 is 10.6 Å². The zero-order valence-electron chi connectivity index (χ0n) is 10.2. The second-order valence-electron chi connectivity index (χ2n) is 4.46. The standard InChI is InChI=1S/C13H18N2OS/c1-9-7-14-8-12(9)13(16)15-10-4-3-5-11(6-10)17-2/h3-6,9,12,14H,7-8H2,1-2H3,(H,15,16). The average Bonchev–Trinajstić information content (AvgIpc) is 2.76. The third-order valence-electron chi connectivity index (χ3n) is 3.19. The van der Waals surface area contributed by atoms with Crippen molar-refractivity contribution in [3.8, 4) is 0 Å². The van der Waals surface area contributed by atoms with Crippen LogP contribution in [0.5, 0.6) is 0 Å². The quantitative estimate of drug-likeness (QED) is 0.808. The smallest absolute Gasteiger partial charge is 0.229 e. The van der Waals surface area contributed by atoms with E-state index in [4.69, 9.17) is 0 Å². The molecule has 1 heterocycles. The molecule has 2 N–H and O–H groups in total. The van der Waals surface area contributed by atoms with Gasteiger partial charge in [0.2, 0.25) is 5.91 Å². The predicted molar refractivity (Wildman–Crippen MR) is 72.4 cm³/mol. The maximum absolute atomic E-state index is 12.1. The van der Waals surface area contributed by atoms with Crippen LogP contribution in [-0.2, 0) is 4.79 Å². The van der Waals surface area contributed by atoms with E-state index in [1.54, 1.807) is 11.8 Å². The van der Waals surface area contributed by atoms with Crippen LogP contribution in [-0.4, -0.2) is 25.3 Å². The summed E-state index contributed by atoms with van der Waals surface area (Å²) in [6.45, 7) is 3.83. The van der Waals surface area contributed by atoms with Crippen LogP contribution in [0.2, 0.25) is 0 Å². The number of hydrogen-bond donors (Lipinski definition) is 2. The van der Waals surface area contributed by atoms with Crippen molar-refractivity contribution in [3.05, 3.63) is 24.3 Å². The Balaban J connectivity index is 2.02. The predicted octanol–water partition coefficient (Wildman–Crippen LogP) is 2.20. The van der Waals surface area contributed by atoms with Crippen molar-refractivity contribution in [2.45, 2.75) is 11.8 Å². The molecule has 0 aliphatic carbocycles. The van der Waals surface area contributed by atoms with Gasteiger partial charge in [-0.3, -0.25) is 4.79 Å². The van der Waals surface area contributed by atoms with Crippen molar-refractivity contribution in [2.24, 2.45) is 11.8 Å². The van der Waals surface area contributed by atoms with Crippen molar-refractivity contribution in [1.82, 2.24) is 5.32 Å². The molecule has 2 atom stereocenters. The third kappa shape index (κ3) is 3.01. The fraction of sp³-hybridized carbons (Fsp3) is 0.462. The van der Waals surface area contributed by atoms with Gasteiger partial charge in [0, 0.05) is 17.1 Å². The number of benzene rings is 1. The molecule has 0 saturated carbocycles. The van der Waals surface area contributed by atoms with Gasteiger partial charge in [-0.25, -0.2) is 0 Å². The Labute approximate surface area is 106 Å². The fourth-order valence-corrected chi connectivity index (χ4v) is 2.56. The monoisotopic (exact) mass is 250 g/mol. The minimum atomic E-state index is 0.0907. The molecule has 0 spiro atoms. The Hall–Kier alpha value is -1.00. The first-order chi connectivity index (χ1) is 8.20. The van der Waals surface area contributed by atoms with Crippen LogP contribution in [0, 0.1) is 11.8 Å². The Kier molecular flexibility index (Phi) is 4.07. The fourth-order valence-electron chi connectivity index (χ4n) is 2.10. The lowest BCUT2D eigenvalue weighted by Gasteiger charge is -2.14. The molecule has 1 amide bonds. The normalized spacial score (nSPS) is 23.6. The highest BCUT2D eigenvalue weighted by molar-refractivity contribution is 7.98. The molecule has 92 valence electrons. The van der Waals surface area contributed by atoms with Crippen LogP contribution in [0.1, 0.15) is 6.92 Å². The molecule has 1 aromatic rings. The van der Waals surface area contributed by atoms with Crippen molar-refractivity contribution in [1.29, 1.82) is 0 Å². The van der Waals surface area contributed by atoms with Crippen molar-refractivity contribution < 1.29 is 4.79 Å². The number of carbonyl (C=O) groups excluding carboxylic acids is 1. The molecule has 3 nitrogen and oxygen atoms in total. The molecule has 1 aromatic carbocycles. The first kappa shape index (κ1) is 12.5. The second kappa shape index (κ2) is 5.56. The summed E-state index contributed by atoms with van der Waals surface area (Å²) in [6.07, 6.45) is 2.03. The van der Waals surface area contributed by atoms with E-state index in [0.29, 0.717) is 5.92 Å². The maximum Gasteiger partial charge on any atom is 0.229 e. The molecule has 0 radical (unpaired) electrons. The van der Waals surface area contributed by atoms with Gasteiger partial charge in [0.1, 0.15) is 0 Å². The van der Waals surface area contributed by atoms with Crippen LogP contribution in [0.4, 0.5) is 5.69 Å². The van der Waals surface area contributed by atoms with Crippen LogP contribution >= 0.6 is 11.8 Å². The topological polar surface area (TPSA) is 41.1 Å². The lowest BCUT2D eigenvalue weighted by molar-refractivity contribution is -0.120. The highest BCUT2D eigenvalue weighted by Crippen LogP contribution is 2.21. The zero-order chi connectivity index (χ0) is 12.3. The van der Waals surface area contributed by atoms with E-state index in [9.17, 15) is 4.79 Å². The van der Waals surface area contributed by atoms with Gasteiger partial charge in [0.05, 0.1) is 5.92 Å². The molecule has 2 unspecified atom stereocenters. The summed E-state index contributed by atoms with van der Waals surface area (Å²) >= 11 is 1.68. The largest absolute Gasteiger partial charge is 0.326 e. The number of carbonyl (C=O) groups is 1. The van der Waals surface area contributed by atoms with E-state index in [1.165, 1.54) is 4.90 Å². The molecule has 1 aliphatic heterocycles. The van der Waals surface area contributed by atoms with Gasteiger partial charge in [-0.15, -0.1) is 11.8 Å². The summed E-state index contributed by atoms with van der Waals surface area (Å²) in [7, 11) is 0. The molecule has 4 heteroatoms. The molecule has 2 rings (SSSR count). The lowest BCUT2D eigenvalue weighted by Crippen LogP contribution is -2.27. The van der Waals surface area contributed by atoms with Crippen LogP contribution in [0.3, 0.4) is 0 Å². The Morgan fingerprint density at radius 3 is 2.94 bits per heavy atom. The number of thioether (sulfide) groups is 1. The molecular weight excluding hydrogens is 232 g/mol. The van der Waals surface area contributed by atoms with E-state index in [1.807, 2.05) is 30.5 Å². The minimum absolute atomic E-state index is 0.0907. The first-order valence-corrected chi connectivity index (χ1v) is 7.09. The number of amides is 1. The van der Waals surface area contributed by atoms with Gasteiger partial charge in [-0.2, -0.15) is 0 Å². The maximum atomic E-state index is 12.1. The SMILES string of the molecule is CSc1cccc(NC(=O)C2CNCC2C)c1.